The van der Waals surface area contributed by atoms with Crippen LogP contribution in [0.2, 0.25) is 0 Å². The van der Waals surface area contributed by atoms with Crippen LogP contribution in [0, 0.1) is 40.4 Å². The van der Waals surface area contributed by atoms with Crippen molar-refractivity contribution in [3.63, 3.8) is 0 Å². The number of esters is 1. The average molecular weight is 519 g/mol. The van der Waals surface area contributed by atoms with Crippen LogP contribution in [-0.2, 0) is 14.3 Å². The second kappa shape index (κ2) is 10.2. The lowest BCUT2D eigenvalue weighted by Gasteiger charge is -2.59. The van der Waals surface area contributed by atoms with E-state index in [4.69, 9.17) is 9.47 Å². The molecule has 2 N–H and O–H groups in total. The lowest BCUT2D eigenvalue weighted by atomic mass is 9.46. The zero-order valence-corrected chi connectivity index (χ0v) is 24.8. The Balaban J connectivity index is 1.44. The van der Waals surface area contributed by atoms with Gasteiger partial charge in [0.2, 0.25) is 0 Å². The number of rotatable bonds is 7. The molecular weight excluding hydrogens is 464 g/mol. The van der Waals surface area contributed by atoms with Crippen LogP contribution in [0.5, 0.6) is 0 Å². The molecule has 0 aromatic carbocycles. The smallest absolute Gasteiger partial charge is 0.332 e. The topological polar surface area (TPSA) is 76.0 Å². The Hall–Kier alpha value is -0.910. The predicted molar refractivity (Wildman–Crippen MR) is 147 cm³/mol. The number of allylic oxidation sites excluding steroid dienone is 1. The molecule has 0 aromatic rings. The van der Waals surface area contributed by atoms with Crippen LogP contribution in [0.3, 0.4) is 0 Å². The Labute approximate surface area is 225 Å². The molecule has 4 aliphatic carbocycles. The number of carbonyl (C=O) groups is 1. The van der Waals surface area contributed by atoms with Crippen LogP contribution < -0.4 is 0 Å². The molecule has 0 heterocycles. The fourth-order valence-electron chi connectivity index (χ4n) is 9.18. The van der Waals surface area contributed by atoms with Crippen molar-refractivity contribution in [2.24, 2.45) is 40.4 Å². The molecule has 212 valence electrons. The Morgan fingerprint density at radius 2 is 1.78 bits per heavy atom. The van der Waals surface area contributed by atoms with Gasteiger partial charge in [0.15, 0.2) is 0 Å². The van der Waals surface area contributed by atoms with Crippen LogP contribution in [-0.4, -0.2) is 46.2 Å². The molecule has 0 aliphatic heterocycles. The lowest BCUT2D eigenvalue weighted by Crippen LogP contribution is -2.54. The van der Waals surface area contributed by atoms with E-state index in [1.165, 1.54) is 25.7 Å². The Morgan fingerprint density at radius 1 is 1.08 bits per heavy atom. The largest absolute Gasteiger partial charge is 0.458 e. The van der Waals surface area contributed by atoms with E-state index < -0.39 is 17.3 Å². The van der Waals surface area contributed by atoms with Crippen molar-refractivity contribution in [3.8, 4) is 0 Å². The summed E-state index contributed by atoms with van der Waals surface area (Å²) in [5.41, 5.74) is 0.438. The third-order valence-corrected chi connectivity index (χ3v) is 11.0. The molecule has 0 radical (unpaired) electrons. The van der Waals surface area contributed by atoms with Crippen molar-refractivity contribution in [1.82, 2.24) is 0 Å². The monoisotopic (exact) mass is 518 g/mol. The maximum Gasteiger partial charge on any atom is 0.332 e. The van der Waals surface area contributed by atoms with Crippen molar-refractivity contribution >= 4 is 5.97 Å². The van der Waals surface area contributed by atoms with Crippen LogP contribution in [0.15, 0.2) is 11.6 Å². The number of carbonyl (C=O) groups excluding carboxylic acids is 1. The van der Waals surface area contributed by atoms with Crippen LogP contribution >= 0.6 is 0 Å². The second-order valence-electron chi connectivity index (χ2n) is 15.2. The molecule has 4 aliphatic rings. The van der Waals surface area contributed by atoms with Crippen molar-refractivity contribution < 1.29 is 24.5 Å². The molecule has 3 fully saturated rings. The van der Waals surface area contributed by atoms with E-state index in [0.717, 1.165) is 49.5 Å². The minimum Gasteiger partial charge on any atom is -0.458 e. The number of fused-ring (bicyclic) bond motifs is 5. The van der Waals surface area contributed by atoms with Gasteiger partial charge in [0, 0.05) is 0 Å². The summed E-state index contributed by atoms with van der Waals surface area (Å²) in [7, 11) is 0. The molecule has 9 atom stereocenters. The fraction of sp³-hybridized carbons (Fsp3) is 0.906. The summed E-state index contributed by atoms with van der Waals surface area (Å²) in [5.74, 6) is 3.05. The van der Waals surface area contributed by atoms with Gasteiger partial charge in [0.05, 0.1) is 11.7 Å². The SMILES string of the molecule is C[C@H](CCC(C)(C)O)[C@H]1CC[C@H]2[C@@H]3CC=C4[C@@H](O)[C@@H](OCC(=O)OC(C)(C)C)CC[C@]4(C)[C@H]3CC[C@]12C. The summed E-state index contributed by atoms with van der Waals surface area (Å²) < 4.78 is 11.3. The van der Waals surface area contributed by atoms with E-state index in [1.807, 2.05) is 34.6 Å². The molecule has 3 saturated carbocycles. The molecule has 0 amide bonds. The third-order valence-electron chi connectivity index (χ3n) is 11.0. The Kier molecular flexibility index (Phi) is 8.05. The number of aliphatic hydroxyl groups excluding tert-OH is 1. The van der Waals surface area contributed by atoms with Crippen molar-refractivity contribution in [2.75, 3.05) is 6.61 Å². The van der Waals surface area contributed by atoms with Crippen LogP contribution in [0.4, 0.5) is 0 Å². The number of hydrogen-bond donors (Lipinski definition) is 2. The van der Waals surface area contributed by atoms with Crippen molar-refractivity contribution in [1.29, 1.82) is 0 Å². The Bertz CT molecular complexity index is 865. The highest BCUT2D eigenvalue weighted by Crippen LogP contribution is 2.67. The number of aliphatic hydroxyl groups is 2. The normalized spacial score (nSPS) is 40.8. The zero-order chi connectivity index (χ0) is 27.4. The van der Waals surface area contributed by atoms with Gasteiger partial charge < -0.3 is 19.7 Å². The third kappa shape index (κ3) is 5.84. The Morgan fingerprint density at radius 3 is 2.43 bits per heavy atom. The minimum absolute atomic E-state index is 0.0139. The lowest BCUT2D eigenvalue weighted by molar-refractivity contribution is -0.166. The van der Waals surface area contributed by atoms with Gasteiger partial charge in [0.25, 0.3) is 0 Å². The van der Waals surface area contributed by atoms with E-state index in [1.54, 1.807) is 0 Å². The average Bonchev–Trinajstić information content (AvgIpc) is 3.12. The maximum atomic E-state index is 12.2. The van der Waals surface area contributed by atoms with Gasteiger partial charge in [-0.05, 0) is 138 Å². The zero-order valence-electron chi connectivity index (χ0n) is 24.8. The maximum absolute atomic E-state index is 12.2. The van der Waals surface area contributed by atoms with Gasteiger partial charge >= 0.3 is 5.97 Å². The van der Waals surface area contributed by atoms with Gasteiger partial charge in [-0.15, -0.1) is 0 Å². The van der Waals surface area contributed by atoms with E-state index >= 15 is 0 Å². The summed E-state index contributed by atoms with van der Waals surface area (Å²) in [6, 6.07) is 0. The molecule has 0 saturated heterocycles. The van der Waals surface area contributed by atoms with Crippen LogP contribution in [0.25, 0.3) is 0 Å². The highest BCUT2D eigenvalue weighted by atomic mass is 16.6. The first-order chi connectivity index (χ1) is 17.1. The first kappa shape index (κ1) is 29.1. The fourth-order valence-corrected chi connectivity index (χ4v) is 9.18. The number of hydrogen-bond acceptors (Lipinski definition) is 5. The van der Waals surface area contributed by atoms with Crippen LogP contribution in [0.1, 0.15) is 113 Å². The molecule has 4 rings (SSSR count). The van der Waals surface area contributed by atoms with Crippen molar-refractivity contribution in [2.45, 2.75) is 137 Å². The van der Waals surface area contributed by atoms with E-state index in [9.17, 15) is 15.0 Å². The highest BCUT2D eigenvalue weighted by Gasteiger charge is 2.60. The molecular formula is C32H54O5. The summed E-state index contributed by atoms with van der Waals surface area (Å²) in [6.45, 7) is 16.7. The van der Waals surface area contributed by atoms with Gasteiger partial charge in [-0.3, -0.25) is 0 Å². The van der Waals surface area contributed by atoms with E-state index in [2.05, 4.69) is 26.8 Å². The molecule has 0 bridgehead atoms. The van der Waals surface area contributed by atoms with Gasteiger partial charge in [0.1, 0.15) is 18.3 Å². The minimum atomic E-state index is -0.645. The first-order valence-electron chi connectivity index (χ1n) is 15.0. The standard InChI is InChI=1S/C32H54O5/c1-20(13-16-30(5,6)35)22-11-12-23-21-9-10-25-28(34)26(36-19-27(33)37-29(2,3)4)15-18-32(25,8)24(21)14-17-31(22,23)7/h10,20-24,26,28,34-35H,9,11-19H2,1-8H3/t20-,21+,22-,23+,24+,26+,28-,31-,32-/m1/s1. The van der Waals surface area contributed by atoms with E-state index in [0.29, 0.717) is 23.2 Å². The molecule has 0 unspecified atom stereocenters. The summed E-state index contributed by atoms with van der Waals surface area (Å²) >= 11 is 0. The molecule has 5 nitrogen and oxygen atoms in total. The summed E-state index contributed by atoms with van der Waals surface area (Å²) in [5, 5.41) is 21.7. The summed E-state index contributed by atoms with van der Waals surface area (Å²) in [4.78, 5) is 12.2. The second-order valence-corrected chi connectivity index (χ2v) is 15.2. The summed E-state index contributed by atoms with van der Waals surface area (Å²) in [6.07, 6.45) is 11.3. The molecule has 0 aromatic heterocycles. The number of ether oxygens (including phenoxy) is 2. The molecule has 0 spiro atoms. The quantitative estimate of drug-likeness (QED) is 0.299. The van der Waals surface area contributed by atoms with E-state index in [-0.39, 0.29) is 24.1 Å². The first-order valence-corrected chi connectivity index (χ1v) is 15.0. The van der Waals surface area contributed by atoms with Gasteiger partial charge in [-0.25, -0.2) is 4.79 Å². The molecule has 37 heavy (non-hydrogen) atoms. The highest BCUT2D eigenvalue weighted by molar-refractivity contribution is 5.71. The molecule has 5 heteroatoms. The van der Waals surface area contributed by atoms with Crippen molar-refractivity contribution in [3.05, 3.63) is 11.6 Å². The predicted octanol–water partition coefficient (Wildman–Crippen LogP) is 6.45. The van der Waals surface area contributed by atoms with Gasteiger partial charge in [-0.1, -0.05) is 26.8 Å². The van der Waals surface area contributed by atoms with Gasteiger partial charge in [-0.2, -0.15) is 0 Å².